The van der Waals surface area contributed by atoms with Gasteiger partial charge in [-0.25, -0.2) is 4.98 Å². The molecule has 0 aliphatic rings. The summed E-state index contributed by atoms with van der Waals surface area (Å²) in [4.78, 5) is 8.23. The molecule has 0 radical (unpaired) electrons. The summed E-state index contributed by atoms with van der Waals surface area (Å²) in [5, 5.41) is 11.8. The molecule has 0 bridgehead atoms. The maximum Gasteiger partial charge on any atom is 0.225 e. The third-order valence-electron chi connectivity index (χ3n) is 2.65. The van der Waals surface area contributed by atoms with Crippen molar-refractivity contribution in [2.45, 2.75) is 13.8 Å². The van der Waals surface area contributed by atoms with Gasteiger partial charge in [0.15, 0.2) is 0 Å². The molecule has 5 heteroatoms. The molecule has 5 nitrogen and oxygen atoms in total. The summed E-state index contributed by atoms with van der Waals surface area (Å²) in [6.45, 7) is 3.81. The van der Waals surface area contributed by atoms with E-state index in [2.05, 4.69) is 21.4 Å². The van der Waals surface area contributed by atoms with E-state index in [0.717, 1.165) is 16.9 Å². The lowest BCUT2D eigenvalue weighted by molar-refractivity contribution is 0.455. The van der Waals surface area contributed by atoms with Gasteiger partial charge in [0, 0.05) is 19.3 Å². The van der Waals surface area contributed by atoms with Gasteiger partial charge in [0.2, 0.25) is 11.8 Å². The number of anilines is 1. The summed E-state index contributed by atoms with van der Waals surface area (Å²) < 4.78 is 5.78. The Labute approximate surface area is 111 Å². The normalized spacial score (nSPS) is 9.79. The lowest BCUT2D eigenvalue weighted by Crippen LogP contribution is -1.99. The van der Waals surface area contributed by atoms with E-state index >= 15 is 0 Å². The van der Waals surface area contributed by atoms with Gasteiger partial charge in [-0.05, 0) is 37.1 Å². The molecule has 1 heterocycles. The maximum absolute atomic E-state index is 8.92. The lowest BCUT2D eigenvalue weighted by atomic mass is 10.1. The standard InChI is InChI=1S/C14H14N4O/c1-9-6-11(8-15)7-10(2)13(9)19-12-4-5-17-14(16-3)18-12/h4-7H,1-3H3,(H,16,17,18). The predicted molar refractivity (Wildman–Crippen MR) is 72.3 cm³/mol. The SMILES string of the molecule is CNc1nccc(Oc2c(C)cc(C#N)cc2C)n1. The number of aromatic nitrogens is 2. The molecule has 1 N–H and O–H groups in total. The van der Waals surface area contributed by atoms with Crippen molar-refractivity contribution in [2.75, 3.05) is 12.4 Å². The van der Waals surface area contributed by atoms with Crippen LogP contribution in [0.5, 0.6) is 11.6 Å². The van der Waals surface area contributed by atoms with E-state index in [-0.39, 0.29) is 0 Å². The van der Waals surface area contributed by atoms with Gasteiger partial charge in [0.05, 0.1) is 11.6 Å². The Kier molecular flexibility index (Phi) is 3.62. The van der Waals surface area contributed by atoms with Crippen LogP contribution in [0.2, 0.25) is 0 Å². The van der Waals surface area contributed by atoms with Crippen molar-refractivity contribution < 1.29 is 4.74 Å². The van der Waals surface area contributed by atoms with Crippen LogP contribution in [0, 0.1) is 25.2 Å². The zero-order valence-electron chi connectivity index (χ0n) is 11.1. The number of nitriles is 1. The first-order chi connectivity index (χ1) is 9.13. The molecule has 1 aromatic heterocycles. The number of benzene rings is 1. The highest BCUT2D eigenvalue weighted by atomic mass is 16.5. The molecule has 1 aromatic carbocycles. The highest BCUT2D eigenvalue weighted by Crippen LogP contribution is 2.28. The van der Waals surface area contributed by atoms with Gasteiger partial charge < -0.3 is 10.1 Å². The molecule has 0 saturated heterocycles. The minimum absolute atomic E-state index is 0.468. The third-order valence-corrected chi connectivity index (χ3v) is 2.65. The first kappa shape index (κ1) is 12.8. The highest BCUT2D eigenvalue weighted by Gasteiger charge is 2.09. The molecule has 0 atom stereocenters. The van der Waals surface area contributed by atoms with Crippen LogP contribution in [-0.2, 0) is 0 Å². The fraction of sp³-hybridized carbons (Fsp3) is 0.214. The van der Waals surface area contributed by atoms with Crippen LogP contribution in [0.25, 0.3) is 0 Å². The first-order valence-corrected chi connectivity index (χ1v) is 5.84. The number of aryl methyl sites for hydroxylation is 2. The van der Waals surface area contributed by atoms with Crippen molar-refractivity contribution in [1.82, 2.24) is 9.97 Å². The molecule has 19 heavy (non-hydrogen) atoms. The number of nitrogens with zero attached hydrogens (tertiary/aromatic N) is 3. The Bertz CT molecular complexity index is 623. The van der Waals surface area contributed by atoms with Gasteiger partial charge >= 0.3 is 0 Å². The van der Waals surface area contributed by atoms with Crippen LogP contribution in [0.1, 0.15) is 16.7 Å². The summed E-state index contributed by atoms with van der Waals surface area (Å²) in [7, 11) is 1.75. The van der Waals surface area contributed by atoms with Crippen molar-refractivity contribution in [3.05, 3.63) is 41.1 Å². The zero-order chi connectivity index (χ0) is 13.8. The molecular formula is C14H14N4O. The Hall–Kier alpha value is -2.61. The van der Waals surface area contributed by atoms with Crippen LogP contribution >= 0.6 is 0 Å². The topological polar surface area (TPSA) is 70.8 Å². The van der Waals surface area contributed by atoms with Gasteiger partial charge in [-0.2, -0.15) is 10.2 Å². The molecule has 2 aromatic rings. The molecule has 0 spiro atoms. The van der Waals surface area contributed by atoms with E-state index in [4.69, 9.17) is 10.00 Å². The monoisotopic (exact) mass is 254 g/mol. The zero-order valence-corrected chi connectivity index (χ0v) is 11.1. The van der Waals surface area contributed by atoms with Crippen LogP contribution in [0.15, 0.2) is 24.4 Å². The van der Waals surface area contributed by atoms with Gasteiger partial charge in [-0.3, -0.25) is 0 Å². The van der Waals surface area contributed by atoms with Crippen molar-refractivity contribution in [3.8, 4) is 17.7 Å². The molecule has 0 saturated carbocycles. The Balaban J connectivity index is 2.36. The summed E-state index contributed by atoms with van der Waals surface area (Å²) in [5.74, 6) is 1.69. The lowest BCUT2D eigenvalue weighted by Gasteiger charge is -2.11. The summed E-state index contributed by atoms with van der Waals surface area (Å²) in [5.41, 5.74) is 2.43. The molecular weight excluding hydrogens is 240 g/mol. The molecule has 0 aliphatic carbocycles. The van der Waals surface area contributed by atoms with Crippen molar-refractivity contribution in [2.24, 2.45) is 0 Å². The van der Waals surface area contributed by atoms with E-state index in [9.17, 15) is 0 Å². The van der Waals surface area contributed by atoms with Gasteiger partial charge in [0.25, 0.3) is 0 Å². The quantitative estimate of drug-likeness (QED) is 0.911. The number of nitrogens with one attached hydrogen (secondary N) is 1. The summed E-state index contributed by atoms with van der Waals surface area (Å²) >= 11 is 0. The van der Waals surface area contributed by atoms with Gasteiger partial charge in [-0.1, -0.05) is 0 Å². The highest BCUT2D eigenvalue weighted by molar-refractivity contribution is 5.48. The number of hydrogen-bond donors (Lipinski definition) is 1. The fourth-order valence-corrected chi connectivity index (χ4v) is 1.80. The fourth-order valence-electron chi connectivity index (χ4n) is 1.80. The van der Waals surface area contributed by atoms with Crippen molar-refractivity contribution >= 4 is 5.95 Å². The van der Waals surface area contributed by atoms with Gasteiger partial charge in [-0.15, -0.1) is 0 Å². The summed E-state index contributed by atoms with van der Waals surface area (Å²) in [6, 6.07) is 7.41. The van der Waals surface area contributed by atoms with E-state index in [1.54, 1.807) is 31.4 Å². The van der Waals surface area contributed by atoms with Crippen LogP contribution in [0.4, 0.5) is 5.95 Å². The van der Waals surface area contributed by atoms with E-state index in [0.29, 0.717) is 17.4 Å². The predicted octanol–water partition coefficient (Wildman–Crippen LogP) is 2.80. The minimum atomic E-state index is 0.468. The first-order valence-electron chi connectivity index (χ1n) is 5.84. The average molecular weight is 254 g/mol. The molecule has 0 fully saturated rings. The van der Waals surface area contributed by atoms with Crippen molar-refractivity contribution in [3.63, 3.8) is 0 Å². The van der Waals surface area contributed by atoms with Crippen LogP contribution in [0.3, 0.4) is 0 Å². The molecule has 0 unspecified atom stereocenters. The average Bonchev–Trinajstić information content (AvgIpc) is 2.42. The number of hydrogen-bond acceptors (Lipinski definition) is 5. The van der Waals surface area contributed by atoms with E-state index in [1.165, 1.54) is 0 Å². The Morgan fingerprint density at radius 3 is 2.53 bits per heavy atom. The second-order valence-electron chi connectivity index (χ2n) is 4.12. The molecule has 2 rings (SSSR count). The maximum atomic E-state index is 8.92. The van der Waals surface area contributed by atoms with E-state index < -0.39 is 0 Å². The summed E-state index contributed by atoms with van der Waals surface area (Å²) in [6.07, 6.45) is 1.63. The second kappa shape index (κ2) is 5.36. The molecule has 0 aliphatic heterocycles. The third kappa shape index (κ3) is 2.80. The number of ether oxygens (including phenoxy) is 1. The van der Waals surface area contributed by atoms with Crippen molar-refractivity contribution in [1.29, 1.82) is 5.26 Å². The number of rotatable bonds is 3. The largest absolute Gasteiger partial charge is 0.438 e. The van der Waals surface area contributed by atoms with Crippen LogP contribution < -0.4 is 10.1 Å². The molecule has 0 amide bonds. The van der Waals surface area contributed by atoms with E-state index in [1.807, 2.05) is 13.8 Å². The smallest absolute Gasteiger partial charge is 0.225 e. The van der Waals surface area contributed by atoms with Gasteiger partial charge in [0.1, 0.15) is 5.75 Å². The Morgan fingerprint density at radius 1 is 1.26 bits per heavy atom. The minimum Gasteiger partial charge on any atom is -0.438 e. The molecule has 96 valence electrons. The second-order valence-corrected chi connectivity index (χ2v) is 4.12. The Morgan fingerprint density at radius 2 is 1.95 bits per heavy atom. The van der Waals surface area contributed by atoms with Crippen LogP contribution in [-0.4, -0.2) is 17.0 Å².